The lowest BCUT2D eigenvalue weighted by Gasteiger charge is -2.19. The second-order valence-corrected chi connectivity index (χ2v) is 4.42. The molecule has 0 unspecified atom stereocenters. The molecule has 0 aromatic heterocycles. The van der Waals surface area contributed by atoms with E-state index in [1.807, 2.05) is 0 Å². The minimum Gasteiger partial charge on any atom is -0.299 e. The van der Waals surface area contributed by atoms with Gasteiger partial charge in [-0.05, 0) is 32.9 Å². The van der Waals surface area contributed by atoms with Crippen molar-refractivity contribution in [2.24, 2.45) is 0 Å². The molecule has 0 aliphatic carbocycles. The van der Waals surface area contributed by atoms with Gasteiger partial charge in [0.25, 0.3) is 0 Å². The molecule has 0 aliphatic heterocycles. The number of unbranched alkanes of at least 4 members (excludes halogenated alkanes) is 6. The van der Waals surface area contributed by atoms with E-state index in [1.54, 1.807) is 0 Å². The largest absolute Gasteiger partial charge is 0.299 e. The standard InChI is InChI=1S/C14H30N/c1-4-7-9-11-13-15(6-3)14-12-10-8-5-2/h6H,4-5,7-14H2,1-3H3. The Morgan fingerprint density at radius 1 is 0.733 bits per heavy atom. The van der Waals surface area contributed by atoms with Crippen LogP contribution in [0.4, 0.5) is 0 Å². The molecular formula is C14H30N. The number of nitrogens with zero attached hydrogens (tertiary/aromatic N) is 1. The molecule has 1 heteroatoms. The van der Waals surface area contributed by atoms with Crippen molar-refractivity contribution in [3.8, 4) is 0 Å². The molecule has 0 rings (SSSR count). The summed E-state index contributed by atoms with van der Waals surface area (Å²) in [7, 11) is 0. The first kappa shape index (κ1) is 15.0. The lowest BCUT2D eigenvalue weighted by atomic mass is 10.1. The highest BCUT2D eigenvalue weighted by Crippen LogP contribution is 2.06. The summed E-state index contributed by atoms with van der Waals surface area (Å²) in [4.78, 5) is 2.49. The van der Waals surface area contributed by atoms with Gasteiger partial charge in [-0.3, -0.25) is 4.90 Å². The van der Waals surface area contributed by atoms with Crippen molar-refractivity contribution in [2.45, 2.75) is 72.1 Å². The number of hydrogen-bond acceptors (Lipinski definition) is 1. The van der Waals surface area contributed by atoms with E-state index in [4.69, 9.17) is 0 Å². The fraction of sp³-hybridized carbons (Fsp3) is 0.929. The van der Waals surface area contributed by atoms with Crippen LogP contribution in [-0.2, 0) is 0 Å². The van der Waals surface area contributed by atoms with Crippen LogP contribution in [0.15, 0.2) is 0 Å². The minimum absolute atomic E-state index is 1.27. The lowest BCUT2D eigenvalue weighted by Crippen LogP contribution is -2.22. The highest BCUT2D eigenvalue weighted by Gasteiger charge is 2.01. The monoisotopic (exact) mass is 212 g/mol. The predicted octanol–water partition coefficient (Wildman–Crippen LogP) is 4.63. The maximum atomic E-state index is 2.49. The molecule has 0 saturated carbocycles. The zero-order valence-corrected chi connectivity index (χ0v) is 11.1. The molecule has 0 saturated heterocycles. The molecule has 0 aromatic carbocycles. The summed E-state index contributed by atoms with van der Waals surface area (Å²) in [5, 5.41) is 0. The lowest BCUT2D eigenvalue weighted by molar-refractivity contribution is 0.318. The van der Waals surface area contributed by atoms with E-state index in [9.17, 15) is 0 Å². The smallest absolute Gasteiger partial charge is 0.0220 e. The van der Waals surface area contributed by atoms with Gasteiger partial charge in [0.2, 0.25) is 0 Å². The van der Waals surface area contributed by atoms with Crippen LogP contribution in [0.5, 0.6) is 0 Å². The Kier molecular flexibility index (Phi) is 12.0. The SMILES string of the molecule is C[CH]N(CCCCCC)CCCCCC. The molecule has 0 aliphatic rings. The average Bonchev–Trinajstić information content (AvgIpc) is 2.27. The van der Waals surface area contributed by atoms with E-state index in [2.05, 4.69) is 32.2 Å². The molecule has 0 spiro atoms. The molecular weight excluding hydrogens is 182 g/mol. The second-order valence-electron chi connectivity index (χ2n) is 4.42. The number of hydrogen-bond donors (Lipinski definition) is 0. The Hall–Kier alpha value is -0.0400. The molecule has 0 aromatic rings. The van der Waals surface area contributed by atoms with Crippen molar-refractivity contribution in [2.75, 3.05) is 13.1 Å². The first-order valence-corrected chi connectivity index (χ1v) is 6.88. The maximum Gasteiger partial charge on any atom is 0.0220 e. The molecule has 0 heterocycles. The molecule has 0 fully saturated rings. The van der Waals surface area contributed by atoms with Gasteiger partial charge in [-0.25, -0.2) is 0 Å². The molecule has 1 nitrogen and oxygen atoms in total. The Bertz CT molecular complexity index is 99.9. The summed E-state index contributed by atoms with van der Waals surface area (Å²) in [6, 6.07) is 0. The molecule has 1 radical (unpaired) electrons. The highest BCUT2D eigenvalue weighted by atomic mass is 15.1. The molecule has 0 N–H and O–H groups in total. The van der Waals surface area contributed by atoms with E-state index in [1.165, 1.54) is 64.5 Å². The number of rotatable bonds is 11. The molecule has 0 amide bonds. The highest BCUT2D eigenvalue weighted by molar-refractivity contribution is 4.63. The van der Waals surface area contributed by atoms with Gasteiger partial charge in [-0.1, -0.05) is 52.4 Å². The van der Waals surface area contributed by atoms with Crippen molar-refractivity contribution in [3.63, 3.8) is 0 Å². The van der Waals surface area contributed by atoms with Crippen LogP contribution in [0.1, 0.15) is 72.1 Å². The van der Waals surface area contributed by atoms with E-state index >= 15 is 0 Å². The van der Waals surface area contributed by atoms with Gasteiger partial charge in [0.1, 0.15) is 0 Å². The van der Waals surface area contributed by atoms with Crippen molar-refractivity contribution in [1.82, 2.24) is 4.90 Å². The van der Waals surface area contributed by atoms with Gasteiger partial charge in [0, 0.05) is 6.54 Å². The van der Waals surface area contributed by atoms with Crippen LogP contribution in [-0.4, -0.2) is 18.0 Å². The topological polar surface area (TPSA) is 3.24 Å². The van der Waals surface area contributed by atoms with E-state index in [-0.39, 0.29) is 0 Å². The summed E-state index contributed by atoms with van der Waals surface area (Å²) in [6.45, 7) is 11.5. The third-order valence-corrected chi connectivity index (χ3v) is 2.96. The van der Waals surface area contributed by atoms with Crippen LogP contribution in [0.25, 0.3) is 0 Å². The van der Waals surface area contributed by atoms with Gasteiger partial charge in [0.05, 0.1) is 0 Å². The normalized spacial score (nSPS) is 11.2. The second kappa shape index (κ2) is 12.0. The van der Waals surface area contributed by atoms with E-state index in [0.29, 0.717) is 0 Å². The molecule has 91 valence electrons. The summed E-state index contributed by atoms with van der Waals surface area (Å²) in [5.74, 6) is 0. The van der Waals surface area contributed by atoms with E-state index in [0.717, 1.165) is 0 Å². The van der Waals surface area contributed by atoms with Gasteiger partial charge in [-0.2, -0.15) is 0 Å². The van der Waals surface area contributed by atoms with E-state index < -0.39 is 0 Å². The maximum absolute atomic E-state index is 2.49. The Morgan fingerprint density at radius 3 is 1.53 bits per heavy atom. The van der Waals surface area contributed by atoms with Gasteiger partial charge < -0.3 is 0 Å². The summed E-state index contributed by atoms with van der Waals surface area (Å²) < 4.78 is 0. The summed E-state index contributed by atoms with van der Waals surface area (Å²) in [6.07, 6.45) is 11.0. The predicted molar refractivity (Wildman–Crippen MR) is 69.8 cm³/mol. The zero-order chi connectivity index (χ0) is 11.4. The Balaban J connectivity index is 3.29. The van der Waals surface area contributed by atoms with Crippen molar-refractivity contribution < 1.29 is 0 Å². The summed E-state index contributed by atoms with van der Waals surface area (Å²) >= 11 is 0. The fourth-order valence-electron chi connectivity index (χ4n) is 1.85. The van der Waals surface area contributed by atoms with Crippen molar-refractivity contribution >= 4 is 0 Å². The van der Waals surface area contributed by atoms with Crippen molar-refractivity contribution in [1.29, 1.82) is 0 Å². The van der Waals surface area contributed by atoms with Crippen LogP contribution in [0.2, 0.25) is 0 Å². The van der Waals surface area contributed by atoms with Crippen molar-refractivity contribution in [3.05, 3.63) is 6.54 Å². The minimum atomic E-state index is 1.27. The average molecular weight is 212 g/mol. The first-order valence-electron chi connectivity index (χ1n) is 6.88. The Morgan fingerprint density at radius 2 is 1.20 bits per heavy atom. The molecule has 15 heavy (non-hydrogen) atoms. The summed E-state index contributed by atoms with van der Waals surface area (Å²) in [5.41, 5.74) is 0. The first-order chi connectivity index (χ1) is 7.35. The van der Waals surface area contributed by atoms with Crippen LogP contribution >= 0.6 is 0 Å². The quantitative estimate of drug-likeness (QED) is 0.451. The zero-order valence-electron chi connectivity index (χ0n) is 11.1. The molecule has 0 atom stereocenters. The van der Waals surface area contributed by atoms with Crippen LogP contribution in [0.3, 0.4) is 0 Å². The third-order valence-electron chi connectivity index (χ3n) is 2.96. The van der Waals surface area contributed by atoms with Gasteiger partial charge in [-0.15, -0.1) is 0 Å². The van der Waals surface area contributed by atoms with Gasteiger partial charge in [0.15, 0.2) is 0 Å². The van der Waals surface area contributed by atoms with Crippen LogP contribution < -0.4 is 0 Å². The third kappa shape index (κ3) is 10.2. The fourth-order valence-corrected chi connectivity index (χ4v) is 1.85. The molecule has 0 bridgehead atoms. The Labute approximate surface area is 97.2 Å². The van der Waals surface area contributed by atoms with Gasteiger partial charge >= 0.3 is 0 Å². The van der Waals surface area contributed by atoms with Crippen LogP contribution in [0, 0.1) is 6.54 Å².